The lowest BCUT2D eigenvalue weighted by molar-refractivity contribution is 0.0303. The predicted octanol–water partition coefficient (Wildman–Crippen LogP) is 3.48. The van der Waals surface area contributed by atoms with E-state index in [9.17, 15) is 4.79 Å². The number of carbonyl (C=O) groups is 1. The fraction of sp³-hybridized carbons (Fsp3) is 0.235. The number of rotatable bonds is 2. The number of halogens is 1. The molecule has 2 aromatic carbocycles. The molecule has 2 aromatic rings. The van der Waals surface area contributed by atoms with Crippen LogP contribution in [0.1, 0.15) is 10.4 Å². The van der Waals surface area contributed by atoms with Gasteiger partial charge in [-0.25, -0.2) is 0 Å². The van der Waals surface area contributed by atoms with Crippen molar-refractivity contribution in [2.24, 2.45) is 0 Å². The molecule has 1 amide bonds. The van der Waals surface area contributed by atoms with Gasteiger partial charge in [0.25, 0.3) is 5.91 Å². The quantitative estimate of drug-likeness (QED) is 0.850. The highest BCUT2D eigenvalue weighted by Crippen LogP contribution is 2.23. The summed E-state index contributed by atoms with van der Waals surface area (Å²) in [7, 11) is 0. The van der Waals surface area contributed by atoms with Gasteiger partial charge in [-0.2, -0.15) is 0 Å². The molecule has 0 aliphatic carbocycles. The van der Waals surface area contributed by atoms with E-state index in [4.69, 9.17) is 16.3 Å². The summed E-state index contributed by atoms with van der Waals surface area (Å²) in [6, 6.07) is 15.3. The van der Waals surface area contributed by atoms with Gasteiger partial charge in [0.2, 0.25) is 0 Å². The summed E-state index contributed by atoms with van der Waals surface area (Å²) in [5.74, 6) is 0.0657. The van der Waals surface area contributed by atoms with Gasteiger partial charge in [0.15, 0.2) is 0 Å². The lowest BCUT2D eigenvalue weighted by atomic mass is 10.0. The second-order valence-corrected chi connectivity index (χ2v) is 5.43. The standard InChI is InChI=1S/C17H16ClNO2/c18-16-3-1-2-15(12-16)13-4-6-14(7-5-13)17(20)19-8-10-21-11-9-19/h1-7,12H,8-11H2. The molecule has 1 aliphatic rings. The van der Waals surface area contributed by atoms with Gasteiger partial charge in [-0.3, -0.25) is 4.79 Å². The first-order valence-corrected chi connectivity index (χ1v) is 7.35. The molecule has 3 rings (SSSR count). The van der Waals surface area contributed by atoms with Crippen molar-refractivity contribution in [3.63, 3.8) is 0 Å². The van der Waals surface area contributed by atoms with E-state index in [1.165, 1.54) is 0 Å². The van der Waals surface area contributed by atoms with Crippen LogP contribution in [0.4, 0.5) is 0 Å². The Hall–Kier alpha value is -1.84. The molecule has 108 valence electrons. The normalized spacial score (nSPS) is 15.0. The SMILES string of the molecule is O=C(c1ccc(-c2cccc(Cl)c2)cc1)N1CCOCC1. The fourth-order valence-electron chi connectivity index (χ4n) is 2.42. The third-order valence-corrected chi connectivity index (χ3v) is 3.82. The second kappa shape index (κ2) is 6.29. The minimum atomic E-state index is 0.0657. The molecule has 0 unspecified atom stereocenters. The van der Waals surface area contributed by atoms with Gasteiger partial charge in [-0.1, -0.05) is 35.9 Å². The molecule has 3 nitrogen and oxygen atoms in total. The molecule has 0 N–H and O–H groups in total. The maximum atomic E-state index is 12.4. The molecule has 0 atom stereocenters. The van der Waals surface area contributed by atoms with Gasteiger partial charge >= 0.3 is 0 Å². The molecule has 21 heavy (non-hydrogen) atoms. The molecule has 4 heteroatoms. The van der Waals surface area contributed by atoms with Crippen LogP contribution in [0.25, 0.3) is 11.1 Å². The molecule has 1 aliphatic heterocycles. The Morgan fingerprint density at radius 3 is 2.38 bits per heavy atom. The molecular formula is C17H16ClNO2. The first kappa shape index (κ1) is 14.1. The van der Waals surface area contributed by atoms with Crippen LogP contribution in [0.2, 0.25) is 5.02 Å². The zero-order valence-corrected chi connectivity index (χ0v) is 12.3. The van der Waals surface area contributed by atoms with Gasteiger partial charge in [-0.15, -0.1) is 0 Å². The lowest BCUT2D eigenvalue weighted by Gasteiger charge is -2.26. The molecule has 1 saturated heterocycles. The average Bonchev–Trinajstić information content (AvgIpc) is 2.55. The van der Waals surface area contributed by atoms with Crippen LogP contribution in [0.15, 0.2) is 48.5 Å². The Kier molecular flexibility index (Phi) is 4.23. The van der Waals surface area contributed by atoms with E-state index >= 15 is 0 Å². The van der Waals surface area contributed by atoms with Gasteiger partial charge in [0.05, 0.1) is 13.2 Å². The average molecular weight is 302 g/mol. The number of hydrogen-bond acceptors (Lipinski definition) is 2. The van der Waals surface area contributed by atoms with Crippen molar-refractivity contribution < 1.29 is 9.53 Å². The first-order valence-electron chi connectivity index (χ1n) is 6.97. The number of morpholine rings is 1. The molecule has 0 aromatic heterocycles. The summed E-state index contributed by atoms with van der Waals surface area (Å²) in [4.78, 5) is 14.2. The highest BCUT2D eigenvalue weighted by Gasteiger charge is 2.18. The van der Waals surface area contributed by atoms with E-state index in [1.807, 2.05) is 53.4 Å². The van der Waals surface area contributed by atoms with Crippen LogP contribution in [0.3, 0.4) is 0 Å². The fourth-order valence-corrected chi connectivity index (χ4v) is 2.61. The highest BCUT2D eigenvalue weighted by atomic mass is 35.5. The van der Waals surface area contributed by atoms with E-state index in [2.05, 4.69) is 0 Å². The zero-order chi connectivity index (χ0) is 14.7. The van der Waals surface area contributed by atoms with Crippen LogP contribution >= 0.6 is 11.6 Å². The largest absolute Gasteiger partial charge is 0.378 e. The lowest BCUT2D eigenvalue weighted by Crippen LogP contribution is -2.40. The van der Waals surface area contributed by atoms with E-state index < -0.39 is 0 Å². The number of amides is 1. The van der Waals surface area contributed by atoms with Crippen LogP contribution in [0.5, 0.6) is 0 Å². The summed E-state index contributed by atoms with van der Waals surface area (Å²) < 4.78 is 5.27. The Labute approximate surface area is 129 Å². The predicted molar refractivity (Wildman–Crippen MR) is 83.6 cm³/mol. The molecular weight excluding hydrogens is 286 g/mol. The summed E-state index contributed by atoms with van der Waals surface area (Å²) >= 11 is 6.01. The molecule has 0 radical (unpaired) electrons. The number of ether oxygens (including phenoxy) is 1. The van der Waals surface area contributed by atoms with E-state index in [1.54, 1.807) is 0 Å². The van der Waals surface area contributed by atoms with Crippen molar-refractivity contribution in [1.82, 2.24) is 4.90 Å². The molecule has 0 bridgehead atoms. The Morgan fingerprint density at radius 1 is 1.00 bits per heavy atom. The van der Waals surface area contributed by atoms with Crippen molar-refractivity contribution in [1.29, 1.82) is 0 Å². The van der Waals surface area contributed by atoms with Crippen molar-refractivity contribution in [3.05, 3.63) is 59.1 Å². The van der Waals surface area contributed by atoms with Crippen molar-refractivity contribution in [3.8, 4) is 11.1 Å². The highest BCUT2D eigenvalue weighted by molar-refractivity contribution is 6.30. The van der Waals surface area contributed by atoms with Crippen LogP contribution < -0.4 is 0 Å². The first-order chi connectivity index (χ1) is 10.2. The van der Waals surface area contributed by atoms with Gasteiger partial charge in [-0.05, 0) is 35.4 Å². The summed E-state index contributed by atoms with van der Waals surface area (Å²) in [6.07, 6.45) is 0. The van der Waals surface area contributed by atoms with E-state index in [0.717, 1.165) is 11.1 Å². The van der Waals surface area contributed by atoms with E-state index in [0.29, 0.717) is 36.9 Å². The topological polar surface area (TPSA) is 29.5 Å². The third-order valence-electron chi connectivity index (χ3n) is 3.59. The Balaban J connectivity index is 1.79. The number of hydrogen-bond donors (Lipinski definition) is 0. The van der Waals surface area contributed by atoms with E-state index in [-0.39, 0.29) is 5.91 Å². The summed E-state index contributed by atoms with van der Waals surface area (Å²) in [5, 5.41) is 0.709. The van der Waals surface area contributed by atoms with Crippen LogP contribution in [0, 0.1) is 0 Å². The van der Waals surface area contributed by atoms with Crippen LogP contribution in [-0.4, -0.2) is 37.1 Å². The van der Waals surface area contributed by atoms with Gasteiger partial charge < -0.3 is 9.64 Å². The summed E-state index contributed by atoms with van der Waals surface area (Å²) in [6.45, 7) is 2.56. The van der Waals surface area contributed by atoms with Crippen molar-refractivity contribution in [2.75, 3.05) is 26.3 Å². The Morgan fingerprint density at radius 2 is 1.71 bits per heavy atom. The third kappa shape index (κ3) is 3.26. The molecule has 0 spiro atoms. The number of nitrogens with zero attached hydrogens (tertiary/aromatic N) is 1. The zero-order valence-electron chi connectivity index (χ0n) is 11.6. The number of carbonyl (C=O) groups excluding carboxylic acids is 1. The maximum Gasteiger partial charge on any atom is 0.254 e. The smallest absolute Gasteiger partial charge is 0.254 e. The number of benzene rings is 2. The minimum absolute atomic E-state index is 0.0657. The van der Waals surface area contributed by atoms with Crippen molar-refractivity contribution in [2.45, 2.75) is 0 Å². The molecule has 1 fully saturated rings. The Bertz CT molecular complexity index is 633. The molecule has 1 heterocycles. The second-order valence-electron chi connectivity index (χ2n) is 4.99. The molecule has 0 saturated carbocycles. The monoisotopic (exact) mass is 301 g/mol. The minimum Gasteiger partial charge on any atom is -0.378 e. The summed E-state index contributed by atoms with van der Waals surface area (Å²) in [5.41, 5.74) is 2.81. The van der Waals surface area contributed by atoms with Crippen LogP contribution in [-0.2, 0) is 4.74 Å². The van der Waals surface area contributed by atoms with Crippen molar-refractivity contribution >= 4 is 17.5 Å². The van der Waals surface area contributed by atoms with Gasteiger partial charge in [0, 0.05) is 23.7 Å². The maximum absolute atomic E-state index is 12.4. The van der Waals surface area contributed by atoms with Gasteiger partial charge in [0.1, 0.15) is 0 Å².